The zero-order valence-corrected chi connectivity index (χ0v) is 24.4. The van der Waals surface area contributed by atoms with E-state index in [1.54, 1.807) is 0 Å². The van der Waals surface area contributed by atoms with Crippen LogP contribution in [0.4, 0.5) is 0 Å². The number of para-hydroxylation sites is 2. The Hall–Kier alpha value is -3.14. The third-order valence-corrected chi connectivity index (χ3v) is 7.33. The van der Waals surface area contributed by atoms with Crippen molar-refractivity contribution in [2.75, 3.05) is 0 Å². The second kappa shape index (κ2) is 14.3. The summed E-state index contributed by atoms with van der Waals surface area (Å²) in [6.07, 6.45) is 10.3. The molecule has 5 aromatic rings. The van der Waals surface area contributed by atoms with Crippen LogP contribution in [0.15, 0.2) is 97.3 Å². The minimum absolute atomic E-state index is 0. The van der Waals surface area contributed by atoms with Gasteiger partial charge in [-0.25, -0.2) is 0 Å². The molecule has 0 aliphatic rings. The lowest BCUT2D eigenvalue weighted by atomic mass is 9.98. The summed E-state index contributed by atoms with van der Waals surface area (Å²) >= 11 is 0. The van der Waals surface area contributed by atoms with Crippen LogP contribution in [0.25, 0.3) is 21.8 Å². The Balaban J connectivity index is 0.00000210. The number of aromatic hydroxyl groups is 1. The van der Waals surface area contributed by atoms with Crippen LogP contribution in [-0.2, 0) is 19.5 Å². The summed E-state index contributed by atoms with van der Waals surface area (Å²) in [5.74, 6) is 1.17. The van der Waals surface area contributed by atoms with Gasteiger partial charge >= 0.3 is 0 Å². The van der Waals surface area contributed by atoms with E-state index in [-0.39, 0.29) is 24.8 Å². The summed E-state index contributed by atoms with van der Waals surface area (Å²) in [4.78, 5) is 0. The molecule has 0 amide bonds. The topological polar surface area (TPSA) is 28.0 Å². The SMILES string of the molecule is CC(C)CCCCCc1cc(C[n+]2cccc3ccccc32)c(O)c(C[n+]2cccc3ccccc32)c1.[Cl-].[Cl-]. The van der Waals surface area contributed by atoms with E-state index in [1.165, 1.54) is 53.1 Å². The molecule has 0 fully saturated rings. The van der Waals surface area contributed by atoms with Crippen molar-refractivity contribution in [3.63, 3.8) is 0 Å². The van der Waals surface area contributed by atoms with Crippen LogP contribution in [0.5, 0.6) is 5.75 Å². The van der Waals surface area contributed by atoms with E-state index in [0.717, 1.165) is 23.5 Å². The summed E-state index contributed by atoms with van der Waals surface area (Å²) in [6.45, 7) is 5.88. The summed E-state index contributed by atoms with van der Waals surface area (Å²) in [6, 6.07) is 29.8. The molecular formula is C34H38Cl2N2O. The van der Waals surface area contributed by atoms with Gasteiger partial charge in [0.05, 0.1) is 11.1 Å². The minimum atomic E-state index is 0. The Labute approximate surface area is 245 Å². The average molecular weight is 562 g/mol. The van der Waals surface area contributed by atoms with Gasteiger partial charge < -0.3 is 29.9 Å². The fourth-order valence-electron chi connectivity index (χ4n) is 5.36. The fourth-order valence-corrected chi connectivity index (χ4v) is 5.36. The highest BCUT2D eigenvalue weighted by Gasteiger charge is 2.19. The van der Waals surface area contributed by atoms with Crippen LogP contribution in [0.2, 0.25) is 0 Å². The van der Waals surface area contributed by atoms with Gasteiger partial charge in [0, 0.05) is 35.0 Å². The number of phenols is 1. The van der Waals surface area contributed by atoms with E-state index in [4.69, 9.17) is 0 Å². The second-order valence-corrected chi connectivity index (χ2v) is 10.6. The van der Waals surface area contributed by atoms with Gasteiger partial charge in [-0.1, -0.05) is 57.4 Å². The first kappa shape index (κ1) is 30.4. The maximum absolute atomic E-state index is 11.5. The van der Waals surface area contributed by atoms with Gasteiger partial charge in [-0.3, -0.25) is 0 Å². The lowest BCUT2D eigenvalue weighted by molar-refractivity contribution is -0.663. The van der Waals surface area contributed by atoms with E-state index in [0.29, 0.717) is 18.8 Å². The number of phenolic OH excluding ortho intramolecular Hbond substituents is 1. The Morgan fingerprint density at radius 2 is 1.13 bits per heavy atom. The van der Waals surface area contributed by atoms with Crippen LogP contribution >= 0.6 is 0 Å². The standard InChI is InChI=1S/C34H37N2O.2ClH/c1-26(2)12-4-3-5-13-27-22-30(24-35-20-10-16-28-14-6-8-18-32(28)35)34(37)31(23-27)25-36-21-11-17-29-15-7-9-19-33(29)36;;/h6-11,14-23,26H,3-5,12-13,24-25H2,1-2H3;2*1H/q+1;;/p-1. The number of aryl methyl sites for hydroxylation is 1. The van der Waals surface area contributed by atoms with Crippen LogP contribution in [0, 0.1) is 5.92 Å². The summed E-state index contributed by atoms with van der Waals surface area (Å²) in [5.41, 5.74) is 5.63. The van der Waals surface area contributed by atoms with Crippen molar-refractivity contribution < 1.29 is 39.1 Å². The molecule has 5 heteroatoms. The quantitative estimate of drug-likeness (QED) is 0.201. The summed E-state index contributed by atoms with van der Waals surface area (Å²) in [5, 5.41) is 13.9. The predicted octanol–water partition coefficient (Wildman–Crippen LogP) is 1.14. The molecule has 0 saturated carbocycles. The number of nitrogens with zero attached hydrogens (tertiary/aromatic N) is 2. The Kier molecular flexibility index (Phi) is 11.2. The maximum Gasteiger partial charge on any atom is 0.212 e. The Bertz CT molecular complexity index is 1400. The van der Waals surface area contributed by atoms with Gasteiger partial charge in [0.1, 0.15) is 5.75 Å². The first-order valence-corrected chi connectivity index (χ1v) is 13.7. The molecule has 0 aliphatic carbocycles. The highest BCUT2D eigenvalue weighted by atomic mass is 35.5. The molecule has 0 radical (unpaired) electrons. The molecule has 3 aromatic carbocycles. The fraction of sp³-hybridized carbons (Fsp3) is 0.294. The molecule has 0 bridgehead atoms. The van der Waals surface area contributed by atoms with Crippen molar-refractivity contribution in [1.82, 2.24) is 0 Å². The number of aromatic nitrogens is 2. The van der Waals surface area contributed by atoms with Gasteiger partial charge in [-0.15, -0.1) is 0 Å². The van der Waals surface area contributed by atoms with Gasteiger partial charge in [-0.2, -0.15) is 9.13 Å². The number of fused-ring (bicyclic) bond motifs is 2. The first-order chi connectivity index (χ1) is 18.1. The molecule has 0 unspecified atom stereocenters. The zero-order chi connectivity index (χ0) is 25.6. The lowest BCUT2D eigenvalue weighted by Gasteiger charge is -2.12. The van der Waals surface area contributed by atoms with Crippen molar-refractivity contribution in [2.45, 2.75) is 59.0 Å². The van der Waals surface area contributed by atoms with Crippen LogP contribution in [0.3, 0.4) is 0 Å². The van der Waals surface area contributed by atoms with E-state index in [9.17, 15) is 5.11 Å². The average Bonchev–Trinajstić information content (AvgIpc) is 2.91. The highest BCUT2D eigenvalue weighted by Crippen LogP contribution is 2.27. The van der Waals surface area contributed by atoms with Gasteiger partial charge in [-0.05, 0) is 60.7 Å². The lowest BCUT2D eigenvalue weighted by Crippen LogP contribution is -3.00. The smallest absolute Gasteiger partial charge is 0.212 e. The number of benzene rings is 3. The molecule has 3 nitrogen and oxygen atoms in total. The van der Waals surface area contributed by atoms with Gasteiger partial charge in [0.25, 0.3) is 0 Å². The molecule has 2 aromatic heterocycles. The first-order valence-electron chi connectivity index (χ1n) is 13.7. The molecule has 0 spiro atoms. The number of halogens is 2. The van der Waals surface area contributed by atoms with Crippen LogP contribution < -0.4 is 33.9 Å². The maximum atomic E-state index is 11.5. The van der Waals surface area contributed by atoms with Gasteiger partial charge in [0.2, 0.25) is 11.0 Å². The van der Waals surface area contributed by atoms with E-state index in [1.807, 2.05) is 0 Å². The van der Waals surface area contributed by atoms with Crippen molar-refractivity contribution >= 4 is 21.8 Å². The van der Waals surface area contributed by atoms with Crippen molar-refractivity contribution in [3.05, 3.63) is 114 Å². The minimum Gasteiger partial charge on any atom is -1.00 e. The molecule has 39 heavy (non-hydrogen) atoms. The molecule has 0 saturated heterocycles. The molecule has 0 aliphatic heterocycles. The molecule has 2 heterocycles. The number of hydrogen-bond acceptors (Lipinski definition) is 1. The van der Waals surface area contributed by atoms with E-state index in [2.05, 4.69) is 120 Å². The highest BCUT2D eigenvalue weighted by molar-refractivity contribution is 5.75. The number of rotatable bonds is 10. The molecule has 5 rings (SSSR count). The monoisotopic (exact) mass is 560 g/mol. The van der Waals surface area contributed by atoms with Crippen molar-refractivity contribution in [3.8, 4) is 5.75 Å². The number of unbranched alkanes of at least 4 members (excludes halogenated alkanes) is 2. The number of pyridine rings is 2. The van der Waals surface area contributed by atoms with E-state index < -0.39 is 0 Å². The Morgan fingerprint density at radius 3 is 1.64 bits per heavy atom. The van der Waals surface area contributed by atoms with Crippen molar-refractivity contribution in [1.29, 1.82) is 0 Å². The van der Waals surface area contributed by atoms with Crippen molar-refractivity contribution in [2.24, 2.45) is 5.92 Å². The molecular weight excluding hydrogens is 523 g/mol. The van der Waals surface area contributed by atoms with E-state index >= 15 is 0 Å². The summed E-state index contributed by atoms with van der Waals surface area (Å²) in [7, 11) is 0. The third kappa shape index (κ3) is 7.50. The molecule has 1 N–H and O–H groups in total. The largest absolute Gasteiger partial charge is 1.00 e. The van der Waals surface area contributed by atoms with Crippen LogP contribution in [-0.4, -0.2) is 5.11 Å². The Morgan fingerprint density at radius 1 is 0.641 bits per heavy atom. The second-order valence-electron chi connectivity index (χ2n) is 10.6. The molecule has 204 valence electrons. The predicted molar refractivity (Wildman–Crippen MR) is 152 cm³/mol. The summed E-state index contributed by atoms with van der Waals surface area (Å²) < 4.78 is 4.48. The normalized spacial score (nSPS) is 10.9. The third-order valence-electron chi connectivity index (χ3n) is 7.33. The van der Waals surface area contributed by atoms with Crippen LogP contribution in [0.1, 0.15) is 56.2 Å². The zero-order valence-electron chi connectivity index (χ0n) is 22.9. The molecule has 0 atom stereocenters. The van der Waals surface area contributed by atoms with Gasteiger partial charge in [0.15, 0.2) is 25.5 Å². The number of hydrogen-bond donors (Lipinski definition) is 1.